The largest absolute Gasteiger partial charge is 0.412 e. The van der Waals surface area contributed by atoms with Gasteiger partial charge in [0.05, 0.1) is 0 Å². The van der Waals surface area contributed by atoms with Crippen molar-refractivity contribution in [2.24, 2.45) is 0 Å². The molecule has 0 saturated heterocycles. The fourth-order valence-corrected chi connectivity index (χ4v) is 2.52. The summed E-state index contributed by atoms with van der Waals surface area (Å²) in [6.07, 6.45) is 4.52. The number of hydrogen-bond donors (Lipinski definition) is 0. The summed E-state index contributed by atoms with van der Waals surface area (Å²) >= 11 is 0. The SMILES string of the molecule is C/C=C(/C)c1ccc(C(C)CC)cc1CC.CC.CC.Cc1ccccc1.F.O. The molecule has 1 unspecified atom stereocenters. The second-order valence-corrected chi connectivity index (χ2v) is 6.21. The Hall–Kier alpha value is -1.93. The first-order valence-corrected chi connectivity index (χ1v) is 10.8. The van der Waals surface area contributed by atoms with Gasteiger partial charge in [0, 0.05) is 0 Å². The Morgan fingerprint density at radius 1 is 0.931 bits per heavy atom. The standard InChI is InChI=1S/C16H24.C7H8.2C2H6.FH.H2O/c1-6-12(4)15-9-10-16(13(5)7-2)14(8-3)11-15;1-7-5-3-2-4-6-7;2*1-2;;/h7,9-12H,6,8H2,1-5H3;2-6H,1H3;2*1-2H3;1H;1H2/b13-7-;;;;;. The molecule has 0 spiro atoms. The first kappa shape index (κ1) is 34.6. The van der Waals surface area contributed by atoms with Crippen molar-refractivity contribution in [3.8, 4) is 0 Å². The molecular weight excluding hydrogens is 359 g/mol. The zero-order chi connectivity index (χ0) is 21.2. The third-order valence-electron chi connectivity index (χ3n) is 4.49. The molecule has 29 heavy (non-hydrogen) atoms. The first-order chi connectivity index (χ1) is 13.0. The van der Waals surface area contributed by atoms with E-state index in [1.807, 2.05) is 45.9 Å². The molecule has 0 bridgehead atoms. The zero-order valence-corrected chi connectivity index (χ0v) is 20.6. The van der Waals surface area contributed by atoms with Crippen molar-refractivity contribution in [3.05, 3.63) is 76.9 Å². The van der Waals surface area contributed by atoms with Crippen LogP contribution in [0, 0.1) is 6.92 Å². The highest BCUT2D eigenvalue weighted by atomic mass is 19.0. The summed E-state index contributed by atoms with van der Waals surface area (Å²) in [6, 6.07) is 17.2. The van der Waals surface area contributed by atoms with E-state index in [1.165, 1.54) is 34.2 Å². The van der Waals surface area contributed by atoms with Gasteiger partial charge in [-0.15, -0.1) is 0 Å². The molecule has 0 aliphatic rings. The third-order valence-corrected chi connectivity index (χ3v) is 4.49. The van der Waals surface area contributed by atoms with Gasteiger partial charge in [0.25, 0.3) is 0 Å². The number of hydrogen-bond acceptors (Lipinski definition) is 0. The van der Waals surface area contributed by atoms with Crippen LogP contribution >= 0.6 is 0 Å². The highest BCUT2D eigenvalue weighted by Crippen LogP contribution is 2.25. The molecular formula is C27H47FO. The molecule has 0 heterocycles. The van der Waals surface area contributed by atoms with Crippen molar-refractivity contribution in [1.29, 1.82) is 0 Å². The van der Waals surface area contributed by atoms with E-state index in [0.717, 1.165) is 6.42 Å². The summed E-state index contributed by atoms with van der Waals surface area (Å²) in [5, 5.41) is 0. The molecule has 0 aliphatic heterocycles. The molecule has 2 aromatic carbocycles. The van der Waals surface area contributed by atoms with Crippen LogP contribution in [0.25, 0.3) is 5.57 Å². The van der Waals surface area contributed by atoms with Crippen LogP contribution in [-0.2, 0) is 6.42 Å². The molecule has 168 valence electrons. The smallest absolute Gasteiger partial charge is 0.0193 e. The van der Waals surface area contributed by atoms with Crippen molar-refractivity contribution in [2.75, 3.05) is 0 Å². The van der Waals surface area contributed by atoms with Crippen LogP contribution in [0.2, 0.25) is 0 Å². The summed E-state index contributed by atoms with van der Waals surface area (Å²) in [5.74, 6) is 0.672. The van der Waals surface area contributed by atoms with E-state index in [4.69, 9.17) is 0 Å². The molecule has 2 N–H and O–H groups in total. The Morgan fingerprint density at radius 2 is 1.45 bits per heavy atom. The van der Waals surface area contributed by atoms with Gasteiger partial charge in [-0.2, -0.15) is 0 Å². The predicted octanol–water partition coefficient (Wildman–Crippen LogP) is 8.56. The van der Waals surface area contributed by atoms with E-state index in [-0.39, 0.29) is 10.2 Å². The Labute approximate surface area is 180 Å². The average Bonchev–Trinajstić information content (AvgIpc) is 2.76. The van der Waals surface area contributed by atoms with Gasteiger partial charge in [0.1, 0.15) is 0 Å². The maximum absolute atomic E-state index is 2.39. The topological polar surface area (TPSA) is 31.5 Å². The average molecular weight is 407 g/mol. The van der Waals surface area contributed by atoms with Gasteiger partial charge in [0.15, 0.2) is 0 Å². The number of rotatable bonds is 4. The van der Waals surface area contributed by atoms with Crippen molar-refractivity contribution in [2.45, 2.75) is 88.0 Å². The van der Waals surface area contributed by atoms with Crippen LogP contribution in [-0.4, -0.2) is 5.48 Å². The molecule has 0 saturated carbocycles. The van der Waals surface area contributed by atoms with E-state index in [0.29, 0.717) is 5.92 Å². The summed E-state index contributed by atoms with van der Waals surface area (Å²) in [7, 11) is 0. The minimum Gasteiger partial charge on any atom is -0.412 e. The Morgan fingerprint density at radius 3 is 1.79 bits per heavy atom. The zero-order valence-electron chi connectivity index (χ0n) is 20.6. The van der Waals surface area contributed by atoms with E-state index in [2.05, 4.69) is 78.0 Å². The van der Waals surface area contributed by atoms with Gasteiger partial charge in [-0.1, -0.05) is 109 Å². The van der Waals surface area contributed by atoms with Gasteiger partial charge in [-0.05, 0) is 61.8 Å². The maximum atomic E-state index is 2.39. The van der Waals surface area contributed by atoms with Gasteiger partial charge < -0.3 is 5.48 Å². The molecule has 1 nitrogen and oxygen atoms in total. The molecule has 1 atom stereocenters. The van der Waals surface area contributed by atoms with Crippen molar-refractivity contribution < 1.29 is 10.2 Å². The van der Waals surface area contributed by atoms with Crippen LogP contribution in [0.1, 0.15) is 96.9 Å². The molecule has 0 radical (unpaired) electrons. The molecule has 0 aliphatic carbocycles. The maximum Gasteiger partial charge on any atom is -0.0193 e. The fraction of sp³-hybridized carbons (Fsp3) is 0.481. The van der Waals surface area contributed by atoms with Gasteiger partial charge in [0.2, 0.25) is 0 Å². The normalized spacial score (nSPS) is 10.2. The predicted molar refractivity (Wildman–Crippen MR) is 134 cm³/mol. The van der Waals surface area contributed by atoms with E-state index >= 15 is 0 Å². The summed E-state index contributed by atoms with van der Waals surface area (Å²) in [6.45, 7) is 21.2. The Balaban J connectivity index is -0.000000203. The summed E-state index contributed by atoms with van der Waals surface area (Å²) < 4.78 is 0. The molecule has 0 aromatic heterocycles. The monoisotopic (exact) mass is 406 g/mol. The van der Waals surface area contributed by atoms with Crippen molar-refractivity contribution in [3.63, 3.8) is 0 Å². The number of aryl methyl sites for hydroxylation is 2. The Bertz CT molecular complexity index is 618. The lowest BCUT2D eigenvalue weighted by molar-refractivity contribution is 0.732. The molecule has 2 heteroatoms. The minimum atomic E-state index is 0. The van der Waals surface area contributed by atoms with Crippen LogP contribution in [0.15, 0.2) is 54.6 Å². The van der Waals surface area contributed by atoms with E-state index in [9.17, 15) is 0 Å². The molecule has 2 aromatic rings. The van der Waals surface area contributed by atoms with Gasteiger partial charge in [-0.3, -0.25) is 4.70 Å². The number of allylic oxidation sites excluding steroid dienone is 2. The molecule has 0 fully saturated rings. The van der Waals surface area contributed by atoms with Crippen LogP contribution < -0.4 is 0 Å². The molecule has 2 rings (SSSR count). The lowest BCUT2D eigenvalue weighted by Gasteiger charge is -2.14. The van der Waals surface area contributed by atoms with Crippen molar-refractivity contribution >= 4 is 5.57 Å². The second kappa shape index (κ2) is 22.4. The highest BCUT2D eigenvalue weighted by Gasteiger charge is 2.07. The number of halogens is 1. The lowest BCUT2D eigenvalue weighted by Crippen LogP contribution is -1.96. The van der Waals surface area contributed by atoms with E-state index < -0.39 is 0 Å². The van der Waals surface area contributed by atoms with Crippen molar-refractivity contribution in [1.82, 2.24) is 0 Å². The lowest BCUT2D eigenvalue weighted by atomic mass is 9.91. The van der Waals surface area contributed by atoms with Gasteiger partial charge in [-0.25, -0.2) is 0 Å². The van der Waals surface area contributed by atoms with Crippen LogP contribution in [0.5, 0.6) is 0 Å². The highest BCUT2D eigenvalue weighted by molar-refractivity contribution is 5.66. The molecule has 0 amide bonds. The summed E-state index contributed by atoms with van der Waals surface area (Å²) in [5.41, 5.74) is 7.08. The fourth-order valence-electron chi connectivity index (χ4n) is 2.52. The van der Waals surface area contributed by atoms with E-state index in [1.54, 1.807) is 0 Å². The minimum absolute atomic E-state index is 0. The first-order valence-electron chi connectivity index (χ1n) is 10.8. The van der Waals surface area contributed by atoms with Crippen LogP contribution in [0.3, 0.4) is 0 Å². The number of benzene rings is 2. The second-order valence-electron chi connectivity index (χ2n) is 6.21. The quantitative estimate of drug-likeness (QED) is 0.487. The third kappa shape index (κ3) is 13.8. The van der Waals surface area contributed by atoms with Gasteiger partial charge >= 0.3 is 0 Å². The Kier molecular flexibility index (Phi) is 26.7. The summed E-state index contributed by atoms with van der Waals surface area (Å²) in [4.78, 5) is 0. The van der Waals surface area contributed by atoms with Crippen LogP contribution in [0.4, 0.5) is 4.70 Å².